The minimum Gasteiger partial charge on any atom is -0.463 e. The van der Waals surface area contributed by atoms with E-state index >= 15 is 0 Å². The molecule has 0 spiro atoms. The maximum absolute atomic E-state index is 12.1. The van der Waals surface area contributed by atoms with Crippen molar-refractivity contribution in [1.29, 1.82) is 0 Å². The van der Waals surface area contributed by atoms with Crippen molar-refractivity contribution in [1.82, 2.24) is 5.32 Å². The standard InChI is InChI=1S/C46H86NO8P/c1-3-5-7-9-11-13-15-17-19-21-23-25-27-29-31-33-35-37-39-46(50)53-42-44(48)43-55-56(51,52)54-41-40-47-45(49)38-36-34-32-30-28-26-24-22-20-18-16-14-12-10-8-6-4-2/h6,8,12,14,18,20,44,48H,3-5,7,9-11,13,15-17,19,21-43H2,1-2H3,(H,47,49)(H,51,52)/b8-6-,14-12-,20-18-. The van der Waals surface area contributed by atoms with Gasteiger partial charge in [0.15, 0.2) is 0 Å². The fourth-order valence-electron chi connectivity index (χ4n) is 6.40. The number of nitrogens with one attached hydrogen (secondary N) is 1. The Morgan fingerprint density at radius 2 is 1.02 bits per heavy atom. The summed E-state index contributed by atoms with van der Waals surface area (Å²) >= 11 is 0. The smallest absolute Gasteiger partial charge is 0.463 e. The third kappa shape index (κ3) is 43.4. The number of phosphoric ester groups is 1. The Hall–Kier alpha value is -1.77. The van der Waals surface area contributed by atoms with Crippen LogP contribution in [0.3, 0.4) is 0 Å². The highest BCUT2D eigenvalue weighted by Crippen LogP contribution is 2.42. The van der Waals surface area contributed by atoms with Crippen LogP contribution in [-0.4, -0.2) is 54.3 Å². The first kappa shape index (κ1) is 54.2. The van der Waals surface area contributed by atoms with Crippen molar-refractivity contribution in [3.05, 3.63) is 36.5 Å². The normalized spacial score (nSPS) is 13.6. The van der Waals surface area contributed by atoms with Crippen molar-refractivity contribution in [2.24, 2.45) is 0 Å². The van der Waals surface area contributed by atoms with Gasteiger partial charge in [-0.15, -0.1) is 0 Å². The van der Waals surface area contributed by atoms with E-state index in [0.29, 0.717) is 6.42 Å². The molecule has 0 saturated carbocycles. The van der Waals surface area contributed by atoms with Crippen molar-refractivity contribution in [3.63, 3.8) is 0 Å². The van der Waals surface area contributed by atoms with Gasteiger partial charge < -0.3 is 20.1 Å². The van der Waals surface area contributed by atoms with Gasteiger partial charge in [-0.05, 0) is 44.9 Å². The van der Waals surface area contributed by atoms with Gasteiger partial charge in [-0.3, -0.25) is 18.6 Å². The van der Waals surface area contributed by atoms with Crippen molar-refractivity contribution in [2.75, 3.05) is 26.4 Å². The molecule has 0 aromatic rings. The lowest BCUT2D eigenvalue weighted by Crippen LogP contribution is -2.27. The zero-order valence-corrected chi connectivity index (χ0v) is 37.0. The van der Waals surface area contributed by atoms with Crippen molar-refractivity contribution < 1.29 is 37.9 Å². The number of aliphatic hydroxyl groups is 1. The van der Waals surface area contributed by atoms with Gasteiger partial charge in [-0.2, -0.15) is 0 Å². The van der Waals surface area contributed by atoms with Gasteiger partial charge in [0, 0.05) is 19.4 Å². The summed E-state index contributed by atoms with van der Waals surface area (Å²) in [6, 6.07) is 0. The van der Waals surface area contributed by atoms with Crippen LogP contribution in [0.15, 0.2) is 36.5 Å². The van der Waals surface area contributed by atoms with E-state index in [0.717, 1.165) is 64.2 Å². The monoisotopic (exact) mass is 812 g/mol. The number of aliphatic hydroxyl groups excluding tert-OH is 1. The zero-order chi connectivity index (χ0) is 41.1. The summed E-state index contributed by atoms with van der Waals surface area (Å²) in [4.78, 5) is 34.0. The van der Waals surface area contributed by atoms with Crippen LogP contribution in [0.5, 0.6) is 0 Å². The van der Waals surface area contributed by atoms with E-state index in [-0.39, 0.29) is 32.1 Å². The van der Waals surface area contributed by atoms with Crippen molar-refractivity contribution in [2.45, 2.75) is 219 Å². The molecule has 0 aliphatic carbocycles. The predicted molar refractivity (Wildman–Crippen MR) is 234 cm³/mol. The number of ether oxygens (including phenoxy) is 1. The quantitative estimate of drug-likeness (QED) is 0.0240. The highest BCUT2D eigenvalue weighted by Gasteiger charge is 2.23. The van der Waals surface area contributed by atoms with E-state index in [2.05, 4.69) is 55.6 Å². The topological polar surface area (TPSA) is 131 Å². The van der Waals surface area contributed by atoms with Gasteiger partial charge in [-0.1, -0.05) is 192 Å². The molecule has 3 N–H and O–H groups in total. The second-order valence-electron chi connectivity index (χ2n) is 15.4. The molecule has 0 fully saturated rings. The molecule has 0 radical (unpaired) electrons. The van der Waals surface area contributed by atoms with Crippen LogP contribution >= 0.6 is 7.82 Å². The third-order valence-electron chi connectivity index (χ3n) is 9.83. The van der Waals surface area contributed by atoms with Gasteiger partial charge >= 0.3 is 13.8 Å². The number of hydrogen-bond donors (Lipinski definition) is 3. The Bertz CT molecular complexity index is 1020. The SMILES string of the molecule is CC/C=C\C/C=C\C/C=C\CCCCCCCCCC(=O)NCCOP(=O)(O)OCC(O)COC(=O)CCCCCCCCCCCCCCCCCCCC. The van der Waals surface area contributed by atoms with Gasteiger partial charge in [-0.25, -0.2) is 4.57 Å². The molecule has 2 unspecified atom stereocenters. The minimum absolute atomic E-state index is 0.0768. The minimum atomic E-state index is -4.42. The van der Waals surface area contributed by atoms with Gasteiger partial charge in [0.1, 0.15) is 12.7 Å². The Kier molecular flexibility index (Phi) is 41.5. The molecule has 10 heteroatoms. The average molecular weight is 812 g/mol. The molecule has 0 aromatic carbocycles. The number of unbranched alkanes of at least 4 members (excludes halogenated alkanes) is 24. The van der Waals surface area contributed by atoms with E-state index in [1.54, 1.807) is 0 Å². The Balaban J connectivity index is 3.57. The number of allylic oxidation sites excluding steroid dienone is 6. The summed E-state index contributed by atoms with van der Waals surface area (Å²) in [5.41, 5.74) is 0. The van der Waals surface area contributed by atoms with Gasteiger partial charge in [0.25, 0.3) is 0 Å². The molecule has 0 aliphatic rings. The molecular formula is C46H86NO8P. The van der Waals surface area contributed by atoms with E-state index in [4.69, 9.17) is 13.8 Å². The number of rotatable bonds is 43. The van der Waals surface area contributed by atoms with Gasteiger partial charge in [0.2, 0.25) is 5.91 Å². The van der Waals surface area contributed by atoms with Crippen LogP contribution in [-0.2, 0) is 27.9 Å². The molecule has 0 aromatic heterocycles. The van der Waals surface area contributed by atoms with Crippen LogP contribution in [0.2, 0.25) is 0 Å². The lowest BCUT2D eigenvalue weighted by atomic mass is 10.0. The van der Waals surface area contributed by atoms with E-state index < -0.39 is 26.5 Å². The fourth-order valence-corrected chi connectivity index (χ4v) is 7.15. The maximum Gasteiger partial charge on any atom is 0.472 e. The average Bonchev–Trinajstić information content (AvgIpc) is 3.18. The molecule has 328 valence electrons. The van der Waals surface area contributed by atoms with Crippen LogP contribution in [0.4, 0.5) is 0 Å². The first-order valence-electron chi connectivity index (χ1n) is 23.0. The Morgan fingerprint density at radius 1 is 0.571 bits per heavy atom. The zero-order valence-electron chi connectivity index (χ0n) is 36.1. The number of hydrogen-bond acceptors (Lipinski definition) is 7. The number of amides is 1. The van der Waals surface area contributed by atoms with Crippen molar-refractivity contribution in [3.8, 4) is 0 Å². The van der Waals surface area contributed by atoms with Crippen LogP contribution in [0.25, 0.3) is 0 Å². The van der Waals surface area contributed by atoms with Crippen LogP contribution in [0.1, 0.15) is 213 Å². The molecule has 56 heavy (non-hydrogen) atoms. The highest BCUT2D eigenvalue weighted by molar-refractivity contribution is 7.47. The number of phosphoric acid groups is 1. The van der Waals surface area contributed by atoms with Gasteiger partial charge in [0.05, 0.1) is 13.2 Å². The van der Waals surface area contributed by atoms with Crippen LogP contribution in [0, 0.1) is 0 Å². The summed E-state index contributed by atoms with van der Waals surface area (Å²) < 4.78 is 26.9. The van der Waals surface area contributed by atoms with Crippen molar-refractivity contribution >= 4 is 19.7 Å². The molecule has 1 amide bonds. The molecule has 0 rings (SSSR count). The largest absolute Gasteiger partial charge is 0.472 e. The summed E-state index contributed by atoms with van der Waals surface area (Å²) in [5, 5.41) is 12.7. The summed E-state index contributed by atoms with van der Waals surface area (Å²) in [7, 11) is -4.42. The summed E-state index contributed by atoms with van der Waals surface area (Å²) in [6.45, 7) is 3.46. The van der Waals surface area contributed by atoms with E-state index in [9.17, 15) is 24.2 Å². The second kappa shape index (κ2) is 42.8. The third-order valence-corrected chi connectivity index (χ3v) is 10.8. The lowest BCUT2D eigenvalue weighted by molar-refractivity contribution is -0.147. The first-order chi connectivity index (χ1) is 27.3. The number of carbonyl (C=O) groups is 2. The summed E-state index contributed by atoms with van der Waals surface area (Å²) in [5.74, 6) is -0.520. The molecule has 9 nitrogen and oxygen atoms in total. The summed E-state index contributed by atoms with van der Waals surface area (Å²) in [6.07, 6.45) is 47.9. The Labute approximate surface area is 343 Å². The molecular weight excluding hydrogens is 725 g/mol. The van der Waals surface area contributed by atoms with Crippen LogP contribution < -0.4 is 5.32 Å². The molecule has 2 atom stereocenters. The second-order valence-corrected chi connectivity index (χ2v) is 16.8. The number of carbonyl (C=O) groups excluding carboxylic acids is 2. The first-order valence-corrected chi connectivity index (χ1v) is 24.5. The highest BCUT2D eigenvalue weighted by atomic mass is 31.2. The van der Waals surface area contributed by atoms with E-state index in [1.165, 1.54) is 122 Å². The predicted octanol–water partition coefficient (Wildman–Crippen LogP) is 12.9. The van der Waals surface area contributed by atoms with E-state index in [1.807, 2.05) is 0 Å². The Morgan fingerprint density at radius 3 is 1.54 bits per heavy atom. The molecule has 0 heterocycles. The molecule has 0 saturated heterocycles. The lowest BCUT2D eigenvalue weighted by Gasteiger charge is -2.15. The number of esters is 1. The fraction of sp³-hybridized carbons (Fsp3) is 0.826. The molecule has 0 aliphatic heterocycles. The maximum atomic E-state index is 12.1. The molecule has 0 bridgehead atoms.